The molecule has 4 rings (SSSR count). The van der Waals surface area contributed by atoms with Gasteiger partial charge in [-0.25, -0.2) is 0 Å². The van der Waals surface area contributed by atoms with Crippen molar-refractivity contribution in [1.82, 2.24) is 5.32 Å². The van der Waals surface area contributed by atoms with Gasteiger partial charge in [0.1, 0.15) is 0 Å². The monoisotopic (exact) mass is 388 g/mol. The van der Waals surface area contributed by atoms with Crippen molar-refractivity contribution in [3.05, 3.63) is 90.5 Å². The fourth-order valence-corrected chi connectivity index (χ4v) is 6.58. The summed E-state index contributed by atoms with van der Waals surface area (Å²) >= 11 is 0. The van der Waals surface area contributed by atoms with E-state index in [-0.39, 0.29) is 6.04 Å². The van der Waals surface area contributed by atoms with Gasteiger partial charge in [0, 0.05) is 18.6 Å². The van der Waals surface area contributed by atoms with Crippen LogP contribution in [0.3, 0.4) is 0 Å². The average molecular weight is 388 g/mol. The van der Waals surface area contributed by atoms with Crippen LogP contribution in [0.25, 0.3) is 0 Å². The topological polar surface area (TPSA) is 38.0 Å². The van der Waals surface area contributed by atoms with Crippen molar-refractivity contribution in [3.8, 4) is 0 Å². The zero-order chi connectivity index (χ0) is 19.2. The Kier molecular flexibility index (Phi) is 6.54. The number of nitrogens with one attached hydrogen (secondary N) is 1. The highest BCUT2D eigenvalue weighted by atomic mass is 31.1. The van der Waals surface area contributed by atoms with Crippen molar-refractivity contribution in [1.29, 1.82) is 0 Å². The van der Waals surface area contributed by atoms with E-state index in [0.29, 0.717) is 6.04 Å². The largest absolute Gasteiger partial charge is 0.326 e. The Hall–Kier alpha value is -1.99. The van der Waals surface area contributed by atoms with Crippen LogP contribution in [0.4, 0.5) is 0 Å². The van der Waals surface area contributed by atoms with E-state index in [1.807, 2.05) is 0 Å². The highest BCUT2D eigenvalue weighted by Gasteiger charge is 2.23. The maximum atomic E-state index is 6.36. The van der Waals surface area contributed by atoms with E-state index in [9.17, 15) is 0 Å². The minimum atomic E-state index is -0.578. The molecule has 1 fully saturated rings. The lowest BCUT2D eigenvalue weighted by Crippen LogP contribution is -2.47. The first kappa shape index (κ1) is 19.3. The number of hydrogen-bond acceptors (Lipinski definition) is 2. The van der Waals surface area contributed by atoms with Gasteiger partial charge < -0.3 is 11.1 Å². The Morgan fingerprint density at radius 2 is 1.32 bits per heavy atom. The molecule has 144 valence electrons. The smallest absolute Gasteiger partial charge is 0.0222 e. The fraction of sp³-hybridized carbons (Fsp3) is 0.280. The lowest BCUT2D eigenvalue weighted by atomic mass is 9.91. The molecule has 2 nitrogen and oxygen atoms in total. The minimum Gasteiger partial charge on any atom is -0.326 e. The summed E-state index contributed by atoms with van der Waals surface area (Å²) < 4.78 is 0. The second kappa shape index (κ2) is 9.47. The molecule has 0 radical (unpaired) electrons. The molecule has 3 aromatic carbocycles. The van der Waals surface area contributed by atoms with Crippen molar-refractivity contribution >= 4 is 23.8 Å². The van der Waals surface area contributed by atoms with E-state index in [0.717, 1.165) is 13.0 Å². The summed E-state index contributed by atoms with van der Waals surface area (Å²) in [5.74, 6) is 0. The van der Waals surface area contributed by atoms with Crippen LogP contribution in [0, 0.1) is 0 Å². The zero-order valence-electron chi connectivity index (χ0n) is 16.3. The third-order valence-electron chi connectivity index (χ3n) is 5.64. The number of nitrogens with two attached hydrogens (primary N) is 1. The Morgan fingerprint density at radius 3 is 1.96 bits per heavy atom. The van der Waals surface area contributed by atoms with Gasteiger partial charge >= 0.3 is 0 Å². The molecule has 1 aliphatic carbocycles. The summed E-state index contributed by atoms with van der Waals surface area (Å²) in [5, 5.41) is 8.00. The van der Waals surface area contributed by atoms with Gasteiger partial charge in [-0.3, -0.25) is 0 Å². The van der Waals surface area contributed by atoms with E-state index in [1.165, 1.54) is 40.7 Å². The van der Waals surface area contributed by atoms with Crippen LogP contribution in [-0.2, 0) is 6.54 Å². The average Bonchev–Trinajstić information content (AvgIpc) is 2.76. The number of hydrogen-bond donors (Lipinski definition) is 2. The van der Waals surface area contributed by atoms with Crippen LogP contribution >= 0.6 is 7.92 Å². The molecule has 0 aromatic heterocycles. The van der Waals surface area contributed by atoms with E-state index in [4.69, 9.17) is 5.73 Å². The van der Waals surface area contributed by atoms with Gasteiger partial charge in [0.25, 0.3) is 0 Å². The van der Waals surface area contributed by atoms with Crippen molar-refractivity contribution in [2.75, 3.05) is 0 Å². The molecule has 0 spiro atoms. The molecule has 2 unspecified atom stereocenters. The van der Waals surface area contributed by atoms with Crippen molar-refractivity contribution in [3.63, 3.8) is 0 Å². The van der Waals surface area contributed by atoms with Gasteiger partial charge in [0.2, 0.25) is 0 Å². The Balaban J connectivity index is 1.66. The Morgan fingerprint density at radius 1 is 0.750 bits per heavy atom. The predicted octanol–water partition coefficient (Wildman–Crippen LogP) is 3.80. The van der Waals surface area contributed by atoms with Gasteiger partial charge in [-0.05, 0) is 42.2 Å². The van der Waals surface area contributed by atoms with Gasteiger partial charge in [0.05, 0.1) is 0 Å². The molecule has 0 bridgehead atoms. The molecule has 0 heterocycles. The number of benzene rings is 3. The summed E-state index contributed by atoms with van der Waals surface area (Å²) in [6.07, 6.45) is 4.88. The molecular formula is C25H29N2P. The quantitative estimate of drug-likeness (QED) is 0.631. The summed E-state index contributed by atoms with van der Waals surface area (Å²) in [6.45, 7) is 0.882. The molecule has 1 aliphatic rings. The first-order chi connectivity index (χ1) is 13.8. The summed E-state index contributed by atoms with van der Waals surface area (Å²) in [6, 6.07) is 31.5. The molecule has 3 heteroatoms. The third-order valence-corrected chi connectivity index (χ3v) is 8.18. The van der Waals surface area contributed by atoms with Crippen LogP contribution in [0.1, 0.15) is 31.2 Å². The molecule has 0 saturated heterocycles. The Bertz CT molecular complexity index is 826. The highest BCUT2D eigenvalue weighted by molar-refractivity contribution is 7.79. The second-order valence-corrected chi connectivity index (χ2v) is 9.76. The van der Waals surface area contributed by atoms with Crippen LogP contribution in [-0.4, -0.2) is 12.1 Å². The molecule has 1 saturated carbocycles. The molecule has 28 heavy (non-hydrogen) atoms. The summed E-state index contributed by atoms with van der Waals surface area (Å²) in [5.41, 5.74) is 7.75. The van der Waals surface area contributed by atoms with Crippen LogP contribution < -0.4 is 27.0 Å². The third kappa shape index (κ3) is 4.52. The van der Waals surface area contributed by atoms with Gasteiger partial charge in [0.15, 0.2) is 0 Å². The molecule has 3 aromatic rings. The summed E-state index contributed by atoms with van der Waals surface area (Å²) in [4.78, 5) is 0. The van der Waals surface area contributed by atoms with Gasteiger partial charge in [-0.15, -0.1) is 0 Å². The molecule has 3 N–H and O–H groups in total. The number of rotatable bonds is 6. The van der Waals surface area contributed by atoms with Crippen LogP contribution in [0.2, 0.25) is 0 Å². The SMILES string of the molecule is NC1CCCCC1NCc1ccccc1P(c1ccccc1)c1ccccc1. The van der Waals surface area contributed by atoms with E-state index >= 15 is 0 Å². The fourth-order valence-electron chi connectivity index (χ4n) is 4.11. The van der Waals surface area contributed by atoms with Gasteiger partial charge in [-0.2, -0.15) is 0 Å². The van der Waals surface area contributed by atoms with Crippen molar-refractivity contribution < 1.29 is 0 Å². The van der Waals surface area contributed by atoms with Crippen molar-refractivity contribution in [2.24, 2.45) is 5.73 Å². The second-order valence-electron chi connectivity index (χ2n) is 7.57. The van der Waals surface area contributed by atoms with Crippen molar-refractivity contribution in [2.45, 2.75) is 44.3 Å². The standard InChI is InChI=1S/C25H29N2P/c26-23-16-8-9-17-24(23)27-19-20-11-7-10-18-25(20)28(21-12-3-1-4-13-21)22-14-5-2-6-15-22/h1-7,10-15,18,23-24,27H,8-9,16-17,19,26H2. The first-order valence-corrected chi connectivity index (χ1v) is 11.6. The van der Waals surface area contributed by atoms with Gasteiger partial charge in [-0.1, -0.05) is 97.8 Å². The van der Waals surface area contributed by atoms with Crippen LogP contribution in [0.15, 0.2) is 84.9 Å². The van der Waals surface area contributed by atoms with E-state index < -0.39 is 7.92 Å². The molecule has 2 atom stereocenters. The Labute approximate surface area is 169 Å². The molecule has 0 amide bonds. The maximum Gasteiger partial charge on any atom is 0.0222 e. The van der Waals surface area contributed by atoms with E-state index in [1.54, 1.807) is 0 Å². The lowest BCUT2D eigenvalue weighted by molar-refractivity contribution is 0.327. The minimum absolute atomic E-state index is 0.283. The maximum absolute atomic E-state index is 6.36. The highest BCUT2D eigenvalue weighted by Crippen LogP contribution is 2.34. The predicted molar refractivity (Wildman–Crippen MR) is 122 cm³/mol. The lowest BCUT2D eigenvalue weighted by Gasteiger charge is -2.30. The van der Waals surface area contributed by atoms with Crippen LogP contribution in [0.5, 0.6) is 0 Å². The van der Waals surface area contributed by atoms with E-state index in [2.05, 4.69) is 90.2 Å². The first-order valence-electron chi connectivity index (χ1n) is 10.3. The zero-order valence-corrected chi connectivity index (χ0v) is 17.2. The molecular weight excluding hydrogens is 359 g/mol. The summed E-state index contributed by atoms with van der Waals surface area (Å²) in [7, 11) is -0.578. The molecule has 0 aliphatic heterocycles. The normalized spacial score (nSPS) is 19.6.